The molecule has 1 fully saturated rings. The van der Waals surface area contributed by atoms with Crippen molar-refractivity contribution in [1.29, 1.82) is 0 Å². The number of likely N-dealkylation sites (N-methyl/N-ethyl adjacent to an activating group) is 1. The molecule has 1 amide bonds. The van der Waals surface area contributed by atoms with Crippen LogP contribution in [0.1, 0.15) is 34.5 Å². The molecule has 1 unspecified atom stereocenters. The van der Waals surface area contributed by atoms with E-state index in [1.54, 1.807) is 6.20 Å². The number of nitrogens with one attached hydrogen (secondary N) is 2. The quantitative estimate of drug-likeness (QED) is 0.501. The van der Waals surface area contributed by atoms with Crippen molar-refractivity contribution in [3.63, 3.8) is 0 Å². The average Bonchev–Trinajstić information content (AvgIpc) is 3.41. The summed E-state index contributed by atoms with van der Waals surface area (Å²) in [6.45, 7) is 3.58. The highest BCUT2D eigenvalue weighted by molar-refractivity contribution is 7.17. The maximum atomic E-state index is 13.0. The van der Waals surface area contributed by atoms with Crippen LogP contribution in [0.2, 0.25) is 0 Å². The minimum absolute atomic E-state index is 0.0357. The van der Waals surface area contributed by atoms with Gasteiger partial charge in [-0.2, -0.15) is 13.2 Å². The minimum Gasteiger partial charge on any atom is -0.361 e. The summed E-state index contributed by atoms with van der Waals surface area (Å²) in [5.41, 5.74) is 1.94. The molecule has 1 atom stereocenters. The topological polar surface area (TPSA) is 64.3 Å². The highest BCUT2D eigenvalue weighted by Gasteiger charge is 2.27. The molecular weight excluding hydrogens is 451 g/mol. The van der Waals surface area contributed by atoms with Crippen LogP contribution >= 0.6 is 11.3 Å². The number of halogens is 3. The molecular formula is C23H28F3N5OS. The molecule has 0 aliphatic carbocycles. The van der Waals surface area contributed by atoms with Crippen LogP contribution in [-0.2, 0) is 6.42 Å². The standard InChI is InChI=1S/C23H28F3N5OS/c1-30-9-11-31(12-10-30)22-28-15-20(33-22)21(32)29-17(5-4-8-23(24,25)26)13-16-14-27-19-7-3-2-6-18(16)19/h2-3,6-7,14-15,17,27H,4-5,8-13H2,1H3,(H,29,32). The lowest BCUT2D eigenvalue weighted by atomic mass is 10.00. The van der Waals surface area contributed by atoms with Gasteiger partial charge >= 0.3 is 6.18 Å². The number of amides is 1. The molecule has 0 spiro atoms. The summed E-state index contributed by atoms with van der Waals surface area (Å²) < 4.78 is 38.1. The van der Waals surface area contributed by atoms with Gasteiger partial charge in [-0.1, -0.05) is 29.5 Å². The number of H-pyrrole nitrogens is 1. The highest BCUT2D eigenvalue weighted by Crippen LogP contribution is 2.26. The Balaban J connectivity index is 1.44. The molecule has 178 valence electrons. The van der Waals surface area contributed by atoms with E-state index in [1.807, 2.05) is 30.5 Å². The molecule has 0 bridgehead atoms. The molecule has 3 heterocycles. The van der Waals surface area contributed by atoms with Crippen molar-refractivity contribution >= 4 is 33.3 Å². The van der Waals surface area contributed by atoms with Crippen LogP contribution in [0.15, 0.2) is 36.7 Å². The summed E-state index contributed by atoms with van der Waals surface area (Å²) in [5.74, 6) is -0.287. The first-order chi connectivity index (χ1) is 15.8. The van der Waals surface area contributed by atoms with Gasteiger partial charge in [0.2, 0.25) is 0 Å². The number of thiazole rings is 1. The van der Waals surface area contributed by atoms with Crippen molar-refractivity contribution in [1.82, 2.24) is 20.2 Å². The second-order valence-corrected chi connectivity index (χ2v) is 9.55. The predicted octanol–water partition coefficient (Wildman–Crippen LogP) is 4.45. The van der Waals surface area contributed by atoms with Gasteiger partial charge in [0.1, 0.15) is 4.88 Å². The Morgan fingerprint density at radius 2 is 2.00 bits per heavy atom. The number of rotatable bonds is 8. The Labute approximate surface area is 194 Å². The summed E-state index contributed by atoms with van der Waals surface area (Å²) in [7, 11) is 2.07. The Hall–Kier alpha value is -2.59. The number of nitrogens with zero attached hydrogens (tertiary/aromatic N) is 3. The molecule has 4 rings (SSSR count). The van der Waals surface area contributed by atoms with Crippen LogP contribution in [-0.4, -0.2) is 66.2 Å². The van der Waals surface area contributed by atoms with Crippen LogP contribution < -0.4 is 10.2 Å². The Morgan fingerprint density at radius 1 is 1.24 bits per heavy atom. The fourth-order valence-electron chi connectivity index (χ4n) is 4.11. The third kappa shape index (κ3) is 6.26. The molecule has 2 aromatic heterocycles. The van der Waals surface area contributed by atoms with Gasteiger partial charge in [-0.3, -0.25) is 4.79 Å². The number of benzene rings is 1. The zero-order valence-corrected chi connectivity index (χ0v) is 19.3. The van der Waals surface area contributed by atoms with Gasteiger partial charge in [-0.15, -0.1) is 0 Å². The van der Waals surface area contributed by atoms with Crippen molar-refractivity contribution in [3.05, 3.63) is 47.1 Å². The number of fused-ring (bicyclic) bond motifs is 1. The molecule has 1 aromatic carbocycles. The molecule has 1 aliphatic heterocycles. The van der Waals surface area contributed by atoms with Gasteiger partial charge in [-0.05, 0) is 37.9 Å². The third-order valence-corrected chi connectivity index (χ3v) is 7.04. The fraction of sp³-hybridized carbons (Fsp3) is 0.478. The van der Waals surface area contributed by atoms with Gasteiger partial charge < -0.3 is 20.1 Å². The van der Waals surface area contributed by atoms with Gasteiger partial charge in [0.05, 0.1) is 6.20 Å². The van der Waals surface area contributed by atoms with E-state index in [0.717, 1.165) is 47.8 Å². The van der Waals surface area contributed by atoms with Crippen LogP contribution in [0.3, 0.4) is 0 Å². The van der Waals surface area contributed by atoms with Gasteiger partial charge in [-0.25, -0.2) is 4.98 Å². The van der Waals surface area contributed by atoms with Crippen LogP contribution in [0.5, 0.6) is 0 Å². The first kappa shape index (κ1) is 23.6. The van der Waals surface area contributed by atoms with E-state index in [9.17, 15) is 18.0 Å². The molecule has 6 nitrogen and oxygen atoms in total. The zero-order chi connectivity index (χ0) is 23.4. The van der Waals surface area contributed by atoms with E-state index in [4.69, 9.17) is 0 Å². The zero-order valence-electron chi connectivity index (χ0n) is 18.5. The van der Waals surface area contributed by atoms with Gasteiger partial charge in [0, 0.05) is 55.7 Å². The normalized spacial score (nSPS) is 16.3. The molecule has 3 aromatic rings. The molecule has 0 radical (unpaired) electrons. The van der Waals surface area contributed by atoms with Crippen molar-refractivity contribution in [3.8, 4) is 0 Å². The number of hydrogen-bond donors (Lipinski definition) is 2. The minimum atomic E-state index is -4.20. The molecule has 2 N–H and O–H groups in total. The number of anilines is 1. The lowest BCUT2D eigenvalue weighted by molar-refractivity contribution is -0.135. The van der Waals surface area contributed by atoms with E-state index in [2.05, 4.69) is 32.1 Å². The number of carbonyl (C=O) groups excluding carboxylic acids is 1. The summed E-state index contributed by atoms with van der Waals surface area (Å²) in [5, 5.41) is 4.79. The van der Waals surface area contributed by atoms with E-state index < -0.39 is 18.6 Å². The SMILES string of the molecule is CN1CCN(c2ncc(C(=O)NC(CCCC(F)(F)F)Cc3c[nH]c4ccccc34)s2)CC1. The summed E-state index contributed by atoms with van der Waals surface area (Å²) >= 11 is 1.33. The van der Waals surface area contributed by atoms with E-state index >= 15 is 0 Å². The second-order valence-electron chi connectivity index (χ2n) is 8.54. The van der Waals surface area contributed by atoms with Gasteiger partial charge in [0.15, 0.2) is 5.13 Å². The number of para-hydroxylation sites is 1. The fourth-order valence-corrected chi connectivity index (χ4v) is 4.98. The number of piperazine rings is 1. The Bertz CT molecular complexity index is 1070. The number of aromatic amines is 1. The monoisotopic (exact) mass is 479 g/mol. The summed E-state index contributed by atoms with van der Waals surface area (Å²) in [6, 6.07) is 7.36. The summed E-state index contributed by atoms with van der Waals surface area (Å²) in [4.78, 5) is 25.4. The largest absolute Gasteiger partial charge is 0.389 e. The van der Waals surface area contributed by atoms with E-state index in [1.165, 1.54) is 11.3 Å². The maximum Gasteiger partial charge on any atom is 0.389 e. The lowest BCUT2D eigenvalue weighted by Crippen LogP contribution is -2.44. The number of hydrogen-bond acceptors (Lipinski definition) is 5. The maximum absolute atomic E-state index is 13.0. The lowest BCUT2D eigenvalue weighted by Gasteiger charge is -2.32. The van der Waals surface area contributed by atoms with E-state index in [0.29, 0.717) is 11.3 Å². The Kier molecular flexibility index (Phi) is 7.23. The smallest absolute Gasteiger partial charge is 0.361 e. The molecule has 1 aliphatic rings. The predicted molar refractivity (Wildman–Crippen MR) is 125 cm³/mol. The second kappa shape index (κ2) is 10.1. The summed E-state index contributed by atoms with van der Waals surface area (Å²) in [6.07, 6.45) is -0.970. The molecule has 0 saturated carbocycles. The van der Waals surface area contributed by atoms with Gasteiger partial charge in [0.25, 0.3) is 5.91 Å². The molecule has 1 saturated heterocycles. The Morgan fingerprint density at radius 3 is 2.76 bits per heavy atom. The third-order valence-electron chi connectivity index (χ3n) is 5.98. The highest BCUT2D eigenvalue weighted by atomic mass is 32.1. The van der Waals surface area contributed by atoms with Crippen LogP contribution in [0.4, 0.5) is 18.3 Å². The molecule has 33 heavy (non-hydrogen) atoms. The van der Waals surface area contributed by atoms with Crippen molar-refractivity contribution in [2.75, 3.05) is 38.1 Å². The number of carbonyl (C=O) groups is 1. The average molecular weight is 480 g/mol. The number of aromatic nitrogens is 2. The van der Waals surface area contributed by atoms with Crippen LogP contribution in [0, 0.1) is 0 Å². The first-order valence-electron chi connectivity index (χ1n) is 11.1. The number of alkyl halides is 3. The van der Waals surface area contributed by atoms with Crippen molar-refractivity contribution < 1.29 is 18.0 Å². The van der Waals surface area contributed by atoms with Crippen molar-refractivity contribution in [2.24, 2.45) is 0 Å². The molecule has 10 heteroatoms. The van der Waals surface area contributed by atoms with E-state index in [-0.39, 0.29) is 18.7 Å². The van der Waals surface area contributed by atoms with Crippen molar-refractivity contribution in [2.45, 2.75) is 37.9 Å². The first-order valence-corrected chi connectivity index (χ1v) is 11.9. The van der Waals surface area contributed by atoms with Crippen LogP contribution in [0.25, 0.3) is 10.9 Å².